The molecule has 3 nitrogen and oxygen atoms in total. The van der Waals surface area contributed by atoms with Crippen LogP contribution in [0.15, 0.2) is 12.1 Å². The van der Waals surface area contributed by atoms with Gasteiger partial charge in [-0.1, -0.05) is 11.6 Å². The van der Waals surface area contributed by atoms with Crippen LogP contribution in [-0.4, -0.2) is 37.7 Å². The summed E-state index contributed by atoms with van der Waals surface area (Å²) in [6, 6.07) is 4.24. The predicted molar refractivity (Wildman–Crippen MR) is 71.5 cm³/mol. The lowest BCUT2D eigenvalue weighted by Crippen LogP contribution is -2.44. The van der Waals surface area contributed by atoms with Gasteiger partial charge in [0.2, 0.25) is 0 Å². The van der Waals surface area contributed by atoms with Gasteiger partial charge in [0.05, 0.1) is 13.2 Å². The number of ether oxygens (including phenoxy) is 1. The van der Waals surface area contributed by atoms with Crippen molar-refractivity contribution < 1.29 is 4.74 Å². The molecule has 0 saturated carbocycles. The average Bonchev–Trinajstić information content (AvgIpc) is 2.28. The van der Waals surface area contributed by atoms with Gasteiger partial charge in [0.1, 0.15) is 0 Å². The van der Waals surface area contributed by atoms with Crippen LogP contribution in [0, 0.1) is 6.92 Å². The van der Waals surface area contributed by atoms with Crippen molar-refractivity contribution in [2.75, 3.05) is 32.5 Å². The molecule has 4 heteroatoms. The van der Waals surface area contributed by atoms with Crippen molar-refractivity contribution in [2.45, 2.75) is 19.4 Å². The van der Waals surface area contributed by atoms with E-state index in [0.29, 0.717) is 6.04 Å². The molecule has 0 amide bonds. The van der Waals surface area contributed by atoms with Crippen molar-refractivity contribution in [3.05, 3.63) is 28.3 Å². The van der Waals surface area contributed by atoms with Crippen LogP contribution in [0.25, 0.3) is 0 Å². The van der Waals surface area contributed by atoms with Crippen LogP contribution in [0.5, 0.6) is 0 Å². The Kier molecular flexibility index (Phi) is 3.92. The van der Waals surface area contributed by atoms with Gasteiger partial charge in [-0.05, 0) is 43.7 Å². The molecule has 0 spiro atoms. The normalized spacial score (nSPS) is 21.7. The molecule has 1 atom stereocenters. The Morgan fingerprint density at radius 3 is 3.00 bits per heavy atom. The molecular formula is C13H19ClN2O. The fraction of sp³-hybridized carbons (Fsp3) is 0.538. The second-order valence-corrected chi connectivity index (χ2v) is 5.11. The number of hydrogen-bond donors (Lipinski definition) is 1. The van der Waals surface area contributed by atoms with E-state index in [0.717, 1.165) is 42.5 Å². The Labute approximate surface area is 107 Å². The van der Waals surface area contributed by atoms with Crippen LogP contribution in [0.2, 0.25) is 5.02 Å². The maximum Gasteiger partial charge on any atom is 0.0625 e. The first-order valence-electron chi connectivity index (χ1n) is 5.90. The maximum atomic E-state index is 6.15. The number of morpholine rings is 1. The molecule has 2 N–H and O–H groups in total. The number of halogens is 1. The summed E-state index contributed by atoms with van der Waals surface area (Å²) >= 11 is 6.15. The van der Waals surface area contributed by atoms with E-state index < -0.39 is 0 Å². The van der Waals surface area contributed by atoms with E-state index >= 15 is 0 Å². The highest BCUT2D eigenvalue weighted by atomic mass is 35.5. The zero-order valence-electron chi connectivity index (χ0n) is 10.4. The summed E-state index contributed by atoms with van der Waals surface area (Å²) in [5, 5.41) is 0.749. The first-order valence-corrected chi connectivity index (χ1v) is 6.28. The van der Waals surface area contributed by atoms with Gasteiger partial charge in [0, 0.05) is 23.3 Å². The minimum Gasteiger partial charge on any atom is -0.399 e. The van der Waals surface area contributed by atoms with Gasteiger partial charge in [0.25, 0.3) is 0 Å². The largest absolute Gasteiger partial charge is 0.399 e. The minimum absolute atomic E-state index is 0.417. The van der Waals surface area contributed by atoms with Crippen molar-refractivity contribution in [1.29, 1.82) is 0 Å². The third-order valence-corrected chi connectivity index (χ3v) is 3.84. The molecule has 1 fully saturated rings. The van der Waals surface area contributed by atoms with E-state index in [1.807, 2.05) is 19.1 Å². The summed E-state index contributed by atoms with van der Waals surface area (Å²) in [5.74, 6) is 0. The highest BCUT2D eigenvalue weighted by Gasteiger charge is 2.20. The molecule has 2 rings (SSSR count). The van der Waals surface area contributed by atoms with Crippen molar-refractivity contribution in [3.8, 4) is 0 Å². The van der Waals surface area contributed by atoms with Gasteiger partial charge >= 0.3 is 0 Å². The number of benzene rings is 1. The zero-order chi connectivity index (χ0) is 12.4. The number of rotatable bonds is 2. The summed E-state index contributed by atoms with van der Waals surface area (Å²) in [6.07, 6.45) is 0.938. The Bertz CT molecular complexity index is 409. The van der Waals surface area contributed by atoms with Gasteiger partial charge in [-0.3, -0.25) is 4.90 Å². The Hall–Kier alpha value is -0.770. The monoisotopic (exact) mass is 254 g/mol. The van der Waals surface area contributed by atoms with Crippen molar-refractivity contribution in [2.24, 2.45) is 0 Å². The Balaban J connectivity index is 2.17. The third kappa shape index (κ3) is 2.92. The van der Waals surface area contributed by atoms with Gasteiger partial charge in [-0.15, -0.1) is 0 Å². The van der Waals surface area contributed by atoms with Crippen LogP contribution >= 0.6 is 11.6 Å². The summed E-state index contributed by atoms with van der Waals surface area (Å²) < 4.78 is 5.52. The molecule has 1 aromatic carbocycles. The number of anilines is 1. The number of nitrogens with two attached hydrogens (primary N) is 1. The van der Waals surface area contributed by atoms with Gasteiger partial charge < -0.3 is 10.5 Å². The molecule has 0 radical (unpaired) electrons. The third-order valence-electron chi connectivity index (χ3n) is 3.45. The lowest BCUT2D eigenvalue weighted by molar-refractivity contribution is 0.00620. The SMILES string of the molecule is Cc1c(Cl)cc(N)cc1CC1COCCN1C. The van der Waals surface area contributed by atoms with E-state index in [-0.39, 0.29) is 0 Å². The second-order valence-electron chi connectivity index (χ2n) is 4.70. The topological polar surface area (TPSA) is 38.5 Å². The van der Waals surface area contributed by atoms with Crippen LogP contribution in [0.3, 0.4) is 0 Å². The van der Waals surface area contributed by atoms with Crippen LogP contribution < -0.4 is 5.73 Å². The lowest BCUT2D eigenvalue weighted by Gasteiger charge is -2.32. The van der Waals surface area contributed by atoms with E-state index in [9.17, 15) is 0 Å². The van der Waals surface area contributed by atoms with E-state index in [1.54, 1.807) is 0 Å². The van der Waals surface area contributed by atoms with E-state index in [1.165, 1.54) is 5.56 Å². The molecule has 1 unspecified atom stereocenters. The second kappa shape index (κ2) is 5.25. The van der Waals surface area contributed by atoms with Crippen molar-refractivity contribution in [3.63, 3.8) is 0 Å². The van der Waals surface area contributed by atoms with Gasteiger partial charge in [0.15, 0.2) is 0 Å². The van der Waals surface area contributed by atoms with Crippen molar-refractivity contribution in [1.82, 2.24) is 4.90 Å². The summed E-state index contributed by atoms with van der Waals surface area (Å²) in [7, 11) is 2.14. The molecule has 1 aliphatic rings. The molecule has 1 saturated heterocycles. The number of hydrogen-bond acceptors (Lipinski definition) is 3. The fourth-order valence-corrected chi connectivity index (χ4v) is 2.42. The molecular weight excluding hydrogens is 236 g/mol. The molecule has 1 heterocycles. The quantitative estimate of drug-likeness (QED) is 0.822. The van der Waals surface area contributed by atoms with Crippen LogP contribution in [0.4, 0.5) is 5.69 Å². The minimum atomic E-state index is 0.417. The van der Waals surface area contributed by atoms with Gasteiger partial charge in [-0.25, -0.2) is 0 Å². The predicted octanol–water partition coefficient (Wildman–Crippen LogP) is 2.10. The lowest BCUT2D eigenvalue weighted by atomic mass is 9.99. The van der Waals surface area contributed by atoms with Gasteiger partial charge in [-0.2, -0.15) is 0 Å². The molecule has 0 bridgehead atoms. The molecule has 0 aromatic heterocycles. The van der Waals surface area contributed by atoms with E-state index in [2.05, 4.69) is 11.9 Å². The molecule has 1 aliphatic heterocycles. The smallest absolute Gasteiger partial charge is 0.0625 e. The standard InChI is InChI=1S/C13H19ClN2O/c1-9-10(5-11(15)7-13(9)14)6-12-8-17-4-3-16(12)2/h5,7,12H,3-4,6,8,15H2,1-2H3. The Morgan fingerprint density at radius 1 is 1.53 bits per heavy atom. The summed E-state index contributed by atoms with van der Waals surface area (Å²) in [6.45, 7) is 4.63. The number of likely N-dealkylation sites (N-methyl/N-ethyl adjacent to an activating group) is 1. The highest BCUT2D eigenvalue weighted by molar-refractivity contribution is 6.31. The highest BCUT2D eigenvalue weighted by Crippen LogP contribution is 2.25. The zero-order valence-corrected chi connectivity index (χ0v) is 11.1. The van der Waals surface area contributed by atoms with Crippen molar-refractivity contribution >= 4 is 17.3 Å². The summed E-state index contributed by atoms with van der Waals surface area (Å²) in [4.78, 5) is 2.33. The first kappa shape index (κ1) is 12.7. The summed E-state index contributed by atoms with van der Waals surface area (Å²) in [5.41, 5.74) is 8.91. The number of nitrogens with zero attached hydrogens (tertiary/aromatic N) is 1. The molecule has 94 valence electrons. The average molecular weight is 255 g/mol. The van der Waals surface area contributed by atoms with Crippen LogP contribution in [0.1, 0.15) is 11.1 Å². The Morgan fingerprint density at radius 2 is 2.29 bits per heavy atom. The molecule has 17 heavy (non-hydrogen) atoms. The fourth-order valence-electron chi connectivity index (χ4n) is 2.18. The molecule has 0 aliphatic carbocycles. The molecule has 1 aromatic rings. The first-order chi connectivity index (χ1) is 8.08. The van der Waals surface area contributed by atoms with E-state index in [4.69, 9.17) is 22.1 Å². The maximum absolute atomic E-state index is 6.15. The number of nitrogen functional groups attached to an aromatic ring is 1. The van der Waals surface area contributed by atoms with Crippen LogP contribution in [-0.2, 0) is 11.2 Å².